The Morgan fingerprint density at radius 3 is 1.91 bits per heavy atom. The molecule has 0 saturated heterocycles. The van der Waals surface area contributed by atoms with Crippen LogP contribution < -0.4 is 26.3 Å². The maximum atomic E-state index is 13.8. The molecule has 1 aliphatic carbocycles. The first-order chi connectivity index (χ1) is 19.6. The molecule has 0 radical (unpaired) electrons. The molecular weight excluding hydrogens is 662 g/mol. The topological polar surface area (TPSA) is 18.0 Å². The lowest BCUT2D eigenvalue weighted by Gasteiger charge is -2.33. The normalized spacial score (nSPS) is 14.6. The zero-order chi connectivity index (χ0) is 31.2. The highest BCUT2D eigenvalue weighted by Gasteiger charge is 2.81. The summed E-state index contributed by atoms with van der Waals surface area (Å²) in [6.45, 7) is 1.32. The van der Waals surface area contributed by atoms with E-state index >= 15 is 0 Å². The summed E-state index contributed by atoms with van der Waals surface area (Å²) >= 11 is 0. The Balaban J connectivity index is 0.00000645. The van der Waals surface area contributed by atoms with Gasteiger partial charge in [0.1, 0.15) is 30.5 Å². The Labute approximate surface area is 255 Å². The van der Waals surface area contributed by atoms with E-state index in [1.807, 2.05) is 12.4 Å². The van der Waals surface area contributed by atoms with Gasteiger partial charge in [-0.05, 0) is 50.3 Å². The second kappa shape index (κ2) is 15.3. The molecule has 0 aliphatic heterocycles. The highest BCUT2D eigenvalue weighted by Crippen LogP contribution is 2.54. The first-order valence-corrected chi connectivity index (χ1v) is 14.2. The number of ether oxygens (including phenoxy) is 1. The number of rotatable bonds is 18. The van der Waals surface area contributed by atoms with Crippen molar-refractivity contribution in [2.24, 2.45) is 0 Å². The highest BCUT2D eigenvalue weighted by atomic mass is 79.9. The van der Waals surface area contributed by atoms with Gasteiger partial charge >= 0.3 is 23.9 Å². The quantitative estimate of drug-likeness (QED) is 0.103. The molecule has 14 heteroatoms. The van der Waals surface area contributed by atoms with Gasteiger partial charge < -0.3 is 21.7 Å². The minimum atomic E-state index is -6.82. The van der Waals surface area contributed by atoms with Crippen LogP contribution in [0.1, 0.15) is 94.4 Å². The fourth-order valence-corrected chi connectivity index (χ4v) is 5.10. The van der Waals surface area contributed by atoms with Crippen molar-refractivity contribution in [3.8, 4) is 5.75 Å². The molecule has 246 valence electrons. The maximum Gasteiger partial charge on any atom is 0.460 e. The monoisotopic (exact) mass is 698 g/mol. The van der Waals surface area contributed by atoms with E-state index in [1.165, 1.54) is 18.0 Å². The Morgan fingerprint density at radius 2 is 1.37 bits per heavy atom. The van der Waals surface area contributed by atoms with E-state index in [4.69, 9.17) is 4.74 Å². The van der Waals surface area contributed by atoms with Crippen LogP contribution in [0.25, 0.3) is 0 Å². The van der Waals surface area contributed by atoms with Gasteiger partial charge in [0.2, 0.25) is 0 Å². The molecule has 1 saturated carbocycles. The van der Waals surface area contributed by atoms with Crippen LogP contribution in [-0.2, 0) is 13.1 Å². The van der Waals surface area contributed by atoms with Gasteiger partial charge in [-0.2, -0.15) is 39.5 Å². The SMILES string of the molecule is COc1ccc(F)cc1C[n+]1ccn(CCCCCCCCCCCC(F)(F)C(F)(F)C(F)(F)C(F)(F)F)c1C1CC1.[Br-]. The lowest BCUT2D eigenvalue weighted by atomic mass is 9.97. The Hall–Kier alpha value is -1.99. The number of methoxy groups -OCH3 is 1. The van der Waals surface area contributed by atoms with E-state index in [9.17, 15) is 43.9 Å². The zero-order valence-corrected chi connectivity index (χ0v) is 25.4. The number of nitrogens with zero attached hydrogens (tertiary/aromatic N) is 2. The number of unbranched alkanes of at least 4 members (excludes halogenated alkanes) is 8. The van der Waals surface area contributed by atoms with Crippen molar-refractivity contribution in [2.45, 2.75) is 120 Å². The number of aromatic nitrogens is 2. The van der Waals surface area contributed by atoms with Gasteiger partial charge in [0.25, 0.3) is 5.82 Å². The van der Waals surface area contributed by atoms with Crippen molar-refractivity contribution in [1.29, 1.82) is 0 Å². The zero-order valence-electron chi connectivity index (χ0n) is 23.8. The van der Waals surface area contributed by atoms with Gasteiger partial charge in [0.15, 0.2) is 0 Å². The van der Waals surface area contributed by atoms with Gasteiger partial charge in [-0.3, -0.25) is 0 Å². The van der Waals surface area contributed by atoms with E-state index in [0.29, 0.717) is 31.1 Å². The van der Waals surface area contributed by atoms with E-state index in [-0.39, 0.29) is 29.2 Å². The molecule has 1 heterocycles. The van der Waals surface area contributed by atoms with E-state index in [1.54, 1.807) is 13.2 Å². The number of halogens is 11. The smallest absolute Gasteiger partial charge is 0.460 e. The molecule has 1 aromatic heterocycles. The average Bonchev–Trinajstić information content (AvgIpc) is 3.67. The van der Waals surface area contributed by atoms with Crippen LogP contribution in [0, 0.1) is 5.82 Å². The molecular formula is C29H37BrF10N2O. The van der Waals surface area contributed by atoms with E-state index in [2.05, 4.69) is 9.13 Å². The first kappa shape index (κ1) is 37.2. The van der Waals surface area contributed by atoms with Crippen LogP contribution in [0.5, 0.6) is 5.75 Å². The number of hydrogen-bond acceptors (Lipinski definition) is 1. The highest BCUT2D eigenvalue weighted by molar-refractivity contribution is 5.33. The molecule has 2 aromatic rings. The largest absolute Gasteiger partial charge is 1.00 e. The first-order valence-electron chi connectivity index (χ1n) is 14.2. The summed E-state index contributed by atoms with van der Waals surface area (Å²) < 4.78 is 140. The average molecular weight is 700 g/mol. The third kappa shape index (κ3) is 9.26. The van der Waals surface area contributed by atoms with Crippen molar-refractivity contribution in [3.63, 3.8) is 0 Å². The second-order valence-electron chi connectivity index (χ2n) is 11.0. The molecule has 0 unspecified atom stereocenters. The van der Waals surface area contributed by atoms with Crippen LogP contribution in [0.4, 0.5) is 43.9 Å². The summed E-state index contributed by atoms with van der Waals surface area (Å²) in [5.41, 5.74) is 0.761. The van der Waals surface area contributed by atoms with Crippen LogP contribution in [-0.4, -0.2) is 35.6 Å². The molecule has 0 amide bonds. The lowest BCUT2D eigenvalue weighted by molar-refractivity contribution is -0.695. The molecule has 1 aromatic carbocycles. The van der Waals surface area contributed by atoms with Crippen LogP contribution in [0.2, 0.25) is 0 Å². The fraction of sp³-hybridized carbons (Fsp3) is 0.690. The minimum Gasteiger partial charge on any atom is -1.00 e. The molecule has 1 fully saturated rings. The maximum absolute atomic E-state index is 13.8. The third-order valence-electron chi connectivity index (χ3n) is 7.64. The van der Waals surface area contributed by atoms with Crippen LogP contribution in [0.3, 0.4) is 0 Å². The number of hydrogen-bond donors (Lipinski definition) is 0. The molecule has 1 aliphatic rings. The molecule has 0 spiro atoms. The van der Waals surface area contributed by atoms with Crippen molar-refractivity contribution in [3.05, 3.63) is 47.8 Å². The predicted molar refractivity (Wildman–Crippen MR) is 136 cm³/mol. The van der Waals surface area contributed by atoms with Crippen molar-refractivity contribution >= 4 is 0 Å². The fourth-order valence-electron chi connectivity index (χ4n) is 5.10. The minimum absolute atomic E-state index is 0. The Kier molecular flexibility index (Phi) is 13.3. The van der Waals surface area contributed by atoms with Crippen molar-refractivity contribution in [1.82, 2.24) is 4.57 Å². The summed E-state index contributed by atoms with van der Waals surface area (Å²) in [4.78, 5) is 0. The Bertz CT molecular complexity index is 1150. The van der Waals surface area contributed by atoms with Gasteiger partial charge in [-0.25, -0.2) is 13.5 Å². The van der Waals surface area contributed by atoms with Crippen LogP contribution in [0.15, 0.2) is 30.6 Å². The summed E-state index contributed by atoms with van der Waals surface area (Å²) in [6, 6.07) is 4.46. The van der Waals surface area contributed by atoms with Crippen molar-refractivity contribution < 1.29 is 70.2 Å². The van der Waals surface area contributed by atoms with Crippen LogP contribution >= 0.6 is 0 Å². The molecule has 3 rings (SSSR count). The van der Waals surface area contributed by atoms with E-state index in [0.717, 1.165) is 57.1 Å². The van der Waals surface area contributed by atoms with Gasteiger partial charge in [0.05, 0.1) is 19.6 Å². The molecule has 0 bridgehead atoms. The predicted octanol–water partition coefficient (Wildman–Crippen LogP) is 6.22. The summed E-state index contributed by atoms with van der Waals surface area (Å²) in [7, 11) is 1.55. The number of benzene rings is 1. The Morgan fingerprint density at radius 1 is 0.814 bits per heavy atom. The van der Waals surface area contributed by atoms with Gasteiger partial charge in [0, 0.05) is 12.0 Å². The summed E-state index contributed by atoms with van der Waals surface area (Å²) in [5.74, 6) is -16.8. The standard InChI is InChI=1S/C29H37F10N2O.BrH/c1-42-24-14-13-23(30)19-22(24)20-41-18-17-40(25(41)21-11-12-21)16-10-8-6-4-2-3-5-7-9-15-26(31,32)27(33,34)28(35,36)29(37,38)39;/h13-14,17-19,21H,2-12,15-16,20H2,1H3;1H/q+1;/p-1. The summed E-state index contributed by atoms with van der Waals surface area (Å²) in [6.07, 6.45) is 2.62. The number of aryl methyl sites for hydroxylation is 1. The lowest BCUT2D eigenvalue weighted by Crippen LogP contribution is -3.00. The number of alkyl halides is 9. The van der Waals surface area contributed by atoms with Gasteiger partial charge in [-0.15, -0.1) is 0 Å². The number of imidazole rings is 1. The molecule has 0 atom stereocenters. The van der Waals surface area contributed by atoms with Crippen molar-refractivity contribution in [2.75, 3.05) is 7.11 Å². The third-order valence-corrected chi connectivity index (χ3v) is 7.64. The summed E-state index contributed by atoms with van der Waals surface area (Å²) in [5, 5.41) is 0. The second-order valence-corrected chi connectivity index (χ2v) is 11.0. The van der Waals surface area contributed by atoms with Gasteiger partial charge in [-0.1, -0.05) is 38.5 Å². The van der Waals surface area contributed by atoms with E-state index < -0.39 is 36.8 Å². The molecule has 0 N–H and O–H groups in total. The molecule has 3 nitrogen and oxygen atoms in total. The molecule has 43 heavy (non-hydrogen) atoms.